The number of benzene rings is 2. The molecule has 7 heteroatoms. The second-order valence-electron chi connectivity index (χ2n) is 5.65. The molecule has 0 saturated heterocycles. The monoisotopic (exact) mass is 388 g/mol. The minimum Gasteiger partial charge on any atom is -0.497 e. The highest BCUT2D eigenvalue weighted by Gasteiger charge is 2.17. The Kier molecular flexibility index (Phi) is 8.00. The molecule has 0 heterocycles. The van der Waals surface area contributed by atoms with Crippen molar-refractivity contribution in [2.24, 2.45) is 0 Å². The van der Waals surface area contributed by atoms with Gasteiger partial charge in [0.2, 0.25) is 11.8 Å². The number of nitrogens with one attached hydrogen (secondary N) is 2. The third-order valence-corrected chi connectivity index (χ3v) is 4.80. The Bertz CT molecular complexity index is 765. The summed E-state index contributed by atoms with van der Waals surface area (Å²) in [4.78, 5) is 24.5. The zero-order chi connectivity index (χ0) is 19.6. The van der Waals surface area contributed by atoms with Gasteiger partial charge in [-0.25, -0.2) is 0 Å². The van der Waals surface area contributed by atoms with Crippen molar-refractivity contribution in [2.45, 2.75) is 19.1 Å². The lowest BCUT2D eigenvalue weighted by molar-refractivity contribution is -0.115. The van der Waals surface area contributed by atoms with Gasteiger partial charge in [0.25, 0.3) is 0 Å². The Morgan fingerprint density at radius 1 is 1.07 bits per heavy atom. The predicted octanol–water partition coefficient (Wildman–Crippen LogP) is 3.79. The second kappa shape index (κ2) is 10.5. The van der Waals surface area contributed by atoms with E-state index in [-0.39, 0.29) is 22.8 Å². The number of thioether (sulfide) groups is 1. The molecule has 144 valence electrons. The zero-order valence-corrected chi connectivity index (χ0v) is 16.5. The fourth-order valence-electron chi connectivity index (χ4n) is 2.23. The summed E-state index contributed by atoms with van der Waals surface area (Å²) in [7, 11) is 1.59. The van der Waals surface area contributed by atoms with Crippen molar-refractivity contribution in [3.05, 3.63) is 48.5 Å². The van der Waals surface area contributed by atoms with Crippen LogP contribution in [0.5, 0.6) is 11.5 Å². The van der Waals surface area contributed by atoms with Crippen LogP contribution in [-0.4, -0.2) is 36.5 Å². The lowest BCUT2D eigenvalue weighted by Crippen LogP contribution is -2.25. The molecule has 0 saturated carbocycles. The summed E-state index contributed by atoms with van der Waals surface area (Å²) >= 11 is 1.27. The van der Waals surface area contributed by atoms with Crippen LogP contribution in [0.4, 0.5) is 11.4 Å². The molecule has 1 atom stereocenters. The van der Waals surface area contributed by atoms with E-state index in [1.807, 2.05) is 19.1 Å². The smallest absolute Gasteiger partial charge is 0.237 e. The Labute approximate surface area is 163 Å². The molecule has 27 heavy (non-hydrogen) atoms. The van der Waals surface area contributed by atoms with Gasteiger partial charge in [-0.15, -0.1) is 11.8 Å². The van der Waals surface area contributed by atoms with E-state index in [4.69, 9.17) is 9.47 Å². The van der Waals surface area contributed by atoms with Crippen LogP contribution in [0, 0.1) is 0 Å². The van der Waals surface area contributed by atoms with E-state index < -0.39 is 0 Å². The van der Waals surface area contributed by atoms with Crippen molar-refractivity contribution in [3.63, 3.8) is 0 Å². The van der Waals surface area contributed by atoms with E-state index in [0.29, 0.717) is 23.7 Å². The van der Waals surface area contributed by atoms with Gasteiger partial charge in [0.15, 0.2) is 0 Å². The first-order valence-corrected chi connectivity index (χ1v) is 9.66. The number of carbonyl (C=O) groups excluding carboxylic acids is 2. The Hall–Kier alpha value is -2.67. The topological polar surface area (TPSA) is 76.7 Å². The number of rotatable bonds is 9. The molecule has 0 aliphatic heterocycles. The average molecular weight is 388 g/mol. The van der Waals surface area contributed by atoms with Crippen LogP contribution in [0.25, 0.3) is 0 Å². The summed E-state index contributed by atoms with van der Waals surface area (Å²) in [5.74, 6) is 1.18. The van der Waals surface area contributed by atoms with Crippen molar-refractivity contribution >= 4 is 35.0 Å². The van der Waals surface area contributed by atoms with Gasteiger partial charge in [0.1, 0.15) is 11.5 Å². The van der Waals surface area contributed by atoms with Crippen molar-refractivity contribution in [2.75, 3.05) is 30.1 Å². The molecule has 2 rings (SSSR count). The summed E-state index contributed by atoms with van der Waals surface area (Å²) < 4.78 is 10.6. The maximum Gasteiger partial charge on any atom is 0.237 e. The summed E-state index contributed by atoms with van der Waals surface area (Å²) in [6.07, 6.45) is 0. The van der Waals surface area contributed by atoms with Crippen LogP contribution in [0.3, 0.4) is 0 Å². The van der Waals surface area contributed by atoms with E-state index in [1.54, 1.807) is 50.4 Å². The molecule has 0 aromatic heterocycles. The van der Waals surface area contributed by atoms with Gasteiger partial charge in [-0.3, -0.25) is 9.59 Å². The fraction of sp³-hybridized carbons (Fsp3) is 0.300. The summed E-state index contributed by atoms with van der Waals surface area (Å²) in [6.45, 7) is 4.17. The number of methoxy groups -OCH3 is 1. The number of hydrogen-bond acceptors (Lipinski definition) is 5. The van der Waals surface area contributed by atoms with Gasteiger partial charge in [-0.1, -0.05) is 12.1 Å². The molecule has 6 nitrogen and oxygen atoms in total. The van der Waals surface area contributed by atoms with Gasteiger partial charge in [0, 0.05) is 5.69 Å². The molecule has 0 bridgehead atoms. The first-order valence-electron chi connectivity index (χ1n) is 8.61. The first-order chi connectivity index (χ1) is 13.0. The SMILES string of the molecule is CCOc1ccccc1NC(=O)[C@@H](C)SCC(=O)Nc1ccc(OC)cc1. The quantitative estimate of drug-likeness (QED) is 0.683. The standard InChI is InChI=1S/C20H24N2O4S/c1-4-26-18-8-6-5-7-17(18)22-20(24)14(2)27-13-19(23)21-15-9-11-16(25-3)12-10-15/h5-12,14H,4,13H2,1-3H3,(H,21,23)(H,22,24)/t14-/m1/s1. The van der Waals surface area contributed by atoms with E-state index in [2.05, 4.69) is 10.6 Å². The number of anilines is 2. The maximum absolute atomic E-state index is 12.4. The molecule has 0 spiro atoms. The second-order valence-corrected chi connectivity index (χ2v) is 6.98. The number of hydrogen-bond donors (Lipinski definition) is 2. The number of ether oxygens (including phenoxy) is 2. The van der Waals surface area contributed by atoms with Gasteiger partial charge in [-0.05, 0) is 50.2 Å². The molecule has 0 aliphatic rings. The first kappa shape index (κ1) is 20.6. The Balaban J connectivity index is 1.82. The number of carbonyl (C=O) groups is 2. The lowest BCUT2D eigenvalue weighted by Gasteiger charge is -2.14. The van der Waals surface area contributed by atoms with Crippen molar-refractivity contribution < 1.29 is 19.1 Å². The van der Waals surface area contributed by atoms with Gasteiger partial charge in [0.05, 0.1) is 30.4 Å². The van der Waals surface area contributed by atoms with E-state index in [9.17, 15) is 9.59 Å². The Morgan fingerprint density at radius 2 is 1.78 bits per heavy atom. The molecule has 2 N–H and O–H groups in total. The van der Waals surface area contributed by atoms with Crippen LogP contribution in [0.2, 0.25) is 0 Å². The average Bonchev–Trinajstić information content (AvgIpc) is 2.68. The maximum atomic E-state index is 12.4. The normalized spacial score (nSPS) is 11.4. The van der Waals surface area contributed by atoms with Crippen LogP contribution in [-0.2, 0) is 9.59 Å². The largest absolute Gasteiger partial charge is 0.497 e. The van der Waals surface area contributed by atoms with E-state index in [0.717, 1.165) is 5.75 Å². The van der Waals surface area contributed by atoms with Crippen LogP contribution in [0.15, 0.2) is 48.5 Å². The highest BCUT2D eigenvalue weighted by molar-refractivity contribution is 8.01. The van der Waals surface area contributed by atoms with Gasteiger partial charge in [-0.2, -0.15) is 0 Å². The lowest BCUT2D eigenvalue weighted by atomic mass is 10.3. The van der Waals surface area contributed by atoms with Gasteiger partial charge >= 0.3 is 0 Å². The molecular weight excluding hydrogens is 364 g/mol. The zero-order valence-electron chi connectivity index (χ0n) is 15.7. The van der Waals surface area contributed by atoms with E-state index >= 15 is 0 Å². The molecule has 0 fully saturated rings. The van der Waals surface area contributed by atoms with E-state index in [1.165, 1.54) is 11.8 Å². The molecular formula is C20H24N2O4S. The molecule has 2 amide bonds. The fourth-order valence-corrected chi connectivity index (χ4v) is 2.92. The molecule has 0 radical (unpaired) electrons. The molecule has 2 aromatic rings. The summed E-state index contributed by atoms with van der Waals surface area (Å²) in [5.41, 5.74) is 1.31. The predicted molar refractivity (Wildman–Crippen MR) is 110 cm³/mol. The Morgan fingerprint density at radius 3 is 2.44 bits per heavy atom. The third kappa shape index (κ3) is 6.53. The van der Waals surface area contributed by atoms with Crippen LogP contribution >= 0.6 is 11.8 Å². The highest BCUT2D eigenvalue weighted by atomic mass is 32.2. The van der Waals surface area contributed by atoms with Gasteiger partial charge < -0.3 is 20.1 Å². The van der Waals surface area contributed by atoms with Crippen molar-refractivity contribution in [1.29, 1.82) is 0 Å². The van der Waals surface area contributed by atoms with Crippen LogP contribution in [0.1, 0.15) is 13.8 Å². The van der Waals surface area contributed by atoms with Crippen LogP contribution < -0.4 is 20.1 Å². The number of amides is 2. The third-order valence-electron chi connectivity index (χ3n) is 3.65. The minimum absolute atomic E-state index is 0.167. The molecule has 2 aromatic carbocycles. The van der Waals surface area contributed by atoms with Crippen molar-refractivity contribution in [3.8, 4) is 11.5 Å². The highest BCUT2D eigenvalue weighted by Crippen LogP contribution is 2.25. The van der Waals surface area contributed by atoms with Crippen molar-refractivity contribution in [1.82, 2.24) is 0 Å². The minimum atomic E-state index is -0.388. The summed E-state index contributed by atoms with van der Waals surface area (Å²) in [6, 6.07) is 14.4. The summed E-state index contributed by atoms with van der Waals surface area (Å²) in [5, 5.41) is 5.26. The number of para-hydroxylation sites is 2. The molecule has 0 unspecified atom stereocenters. The molecule has 0 aliphatic carbocycles.